The number of anilines is 2. The van der Waals surface area contributed by atoms with Gasteiger partial charge in [-0.1, -0.05) is 11.2 Å². The molecule has 2 aromatic heterocycles. The van der Waals surface area contributed by atoms with E-state index in [-0.39, 0.29) is 11.6 Å². The lowest BCUT2D eigenvalue weighted by atomic mass is 10.2. The third kappa shape index (κ3) is 3.85. The topological polar surface area (TPSA) is 85.3 Å². The van der Waals surface area contributed by atoms with Crippen molar-refractivity contribution in [1.29, 1.82) is 0 Å². The molecule has 0 N–H and O–H groups in total. The molecule has 0 atom stereocenters. The predicted octanol–water partition coefficient (Wildman–Crippen LogP) is 2.07. The fourth-order valence-electron chi connectivity index (χ4n) is 2.95. The number of halogens is 3. The number of hydrogen-bond donors (Lipinski definition) is 0. The predicted molar refractivity (Wildman–Crippen MR) is 90.6 cm³/mol. The maximum atomic E-state index is 12.4. The number of tetrazole rings is 1. The second-order valence-electron chi connectivity index (χ2n) is 6.02. The second kappa shape index (κ2) is 7.02. The van der Waals surface area contributed by atoms with Gasteiger partial charge < -0.3 is 19.1 Å². The van der Waals surface area contributed by atoms with Gasteiger partial charge in [-0.15, -0.1) is 18.3 Å². The van der Waals surface area contributed by atoms with Crippen molar-refractivity contribution in [3.05, 3.63) is 37.4 Å². The van der Waals surface area contributed by atoms with Crippen molar-refractivity contribution in [2.75, 3.05) is 36.0 Å². The van der Waals surface area contributed by atoms with Gasteiger partial charge in [0.25, 0.3) is 0 Å². The SMILES string of the molecule is [CH]n1nnnc1-c1cc(N2CCN(c3cccc(OC(F)(F)F)c3)CC2)no1. The van der Waals surface area contributed by atoms with E-state index in [2.05, 4.69) is 25.4 Å². The van der Waals surface area contributed by atoms with Crippen molar-refractivity contribution in [3.8, 4) is 17.3 Å². The molecule has 0 bridgehead atoms. The number of benzene rings is 1. The van der Waals surface area contributed by atoms with Crippen molar-refractivity contribution in [2.24, 2.45) is 0 Å². The van der Waals surface area contributed by atoms with Crippen LogP contribution in [0.15, 0.2) is 34.9 Å². The van der Waals surface area contributed by atoms with Gasteiger partial charge in [0, 0.05) is 44.0 Å². The molecule has 0 aliphatic carbocycles. The quantitative estimate of drug-likeness (QED) is 0.666. The van der Waals surface area contributed by atoms with Gasteiger partial charge in [-0.3, -0.25) is 0 Å². The van der Waals surface area contributed by atoms with Crippen LogP contribution in [0.3, 0.4) is 0 Å². The number of alkyl halides is 3. The summed E-state index contributed by atoms with van der Waals surface area (Å²) >= 11 is 0. The molecular formula is C16H14F3N7O2. The zero-order chi connectivity index (χ0) is 19.7. The minimum absolute atomic E-state index is 0.243. The van der Waals surface area contributed by atoms with Gasteiger partial charge in [-0.05, 0) is 22.6 Å². The molecule has 1 saturated heterocycles. The van der Waals surface area contributed by atoms with E-state index < -0.39 is 6.36 Å². The van der Waals surface area contributed by atoms with E-state index in [4.69, 9.17) is 11.6 Å². The Morgan fingerprint density at radius 2 is 1.82 bits per heavy atom. The Morgan fingerprint density at radius 3 is 2.50 bits per heavy atom. The standard InChI is InChI=1S/C16H14F3N7O2/c1-24-15(20-22-23-24)13-10-14(21-28-13)26-7-5-25(6-8-26)11-3-2-4-12(9-11)27-16(17,18)19/h1-4,9-10H,5-8H2. The van der Waals surface area contributed by atoms with Crippen LogP contribution in [0.2, 0.25) is 0 Å². The summed E-state index contributed by atoms with van der Waals surface area (Å²) in [5.41, 5.74) is 0.657. The summed E-state index contributed by atoms with van der Waals surface area (Å²) in [5.74, 6) is 0.945. The van der Waals surface area contributed by atoms with Gasteiger partial charge in [-0.25, -0.2) is 4.68 Å². The van der Waals surface area contributed by atoms with Crippen LogP contribution in [0.25, 0.3) is 11.6 Å². The fourth-order valence-corrected chi connectivity index (χ4v) is 2.95. The molecule has 0 saturated carbocycles. The zero-order valence-corrected chi connectivity index (χ0v) is 14.4. The number of nitrogens with zero attached hydrogens (tertiary/aromatic N) is 7. The first-order valence-corrected chi connectivity index (χ1v) is 8.25. The van der Waals surface area contributed by atoms with Crippen LogP contribution in [-0.2, 0) is 0 Å². The zero-order valence-electron chi connectivity index (χ0n) is 14.4. The van der Waals surface area contributed by atoms with E-state index in [0.717, 1.165) is 4.68 Å². The maximum Gasteiger partial charge on any atom is 0.573 e. The van der Waals surface area contributed by atoms with Crippen LogP contribution in [0, 0.1) is 7.05 Å². The first-order valence-electron chi connectivity index (χ1n) is 8.25. The summed E-state index contributed by atoms with van der Waals surface area (Å²) in [7, 11) is 5.59. The third-order valence-corrected chi connectivity index (χ3v) is 4.23. The van der Waals surface area contributed by atoms with Gasteiger partial charge in [0.15, 0.2) is 5.82 Å². The average molecular weight is 393 g/mol. The summed E-state index contributed by atoms with van der Waals surface area (Å²) < 4.78 is 47.4. The van der Waals surface area contributed by atoms with E-state index in [0.29, 0.717) is 43.4 Å². The van der Waals surface area contributed by atoms with Crippen molar-refractivity contribution in [1.82, 2.24) is 25.4 Å². The lowest BCUT2D eigenvalue weighted by Gasteiger charge is -2.36. The lowest BCUT2D eigenvalue weighted by Crippen LogP contribution is -2.46. The van der Waals surface area contributed by atoms with Crippen LogP contribution in [0.5, 0.6) is 5.75 Å². The Hall–Kier alpha value is -3.31. The molecule has 146 valence electrons. The van der Waals surface area contributed by atoms with Crippen LogP contribution in [0.1, 0.15) is 0 Å². The molecule has 28 heavy (non-hydrogen) atoms. The maximum absolute atomic E-state index is 12.4. The van der Waals surface area contributed by atoms with E-state index >= 15 is 0 Å². The highest BCUT2D eigenvalue weighted by Gasteiger charge is 2.31. The number of piperazine rings is 1. The minimum atomic E-state index is -4.72. The number of aromatic nitrogens is 5. The van der Waals surface area contributed by atoms with Gasteiger partial charge >= 0.3 is 6.36 Å². The summed E-state index contributed by atoms with van der Waals surface area (Å²) in [6.07, 6.45) is -4.72. The molecule has 3 aromatic rings. The van der Waals surface area contributed by atoms with Crippen molar-refractivity contribution in [2.45, 2.75) is 6.36 Å². The average Bonchev–Trinajstić information content (AvgIpc) is 3.29. The molecular weight excluding hydrogens is 379 g/mol. The van der Waals surface area contributed by atoms with Gasteiger partial charge in [0.2, 0.25) is 11.6 Å². The van der Waals surface area contributed by atoms with Crippen LogP contribution in [0.4, 0.5) is 24.7 Å². The van der Waals surface area contributed by atoms with Crippen LogP contribution < -0.4 is 14.5 Å². The summed E-state index contributed by atoms with van der Waals surface area (Å²) in [5, 5.41) is 14.7. The fraction of sp³-hybridized carbons (Fsp3) is 0.312. The highest BCUT2D eigenvalue weighted by atomic mass is 19.4. The minimum Gasteiger partial charge on any atom is -0.406 e. The Kier molecular flexibility index (Phi) is 4.53. The smallest absolute Gasteiger partial charge is 0.406 e. The summed E-state index contributed by atoms with van der Waals surface area (Å²) in [6.45, 7) is 2.38. The summed E-state index contributed by atoms with van der Waals surface area (Å²) in [4.78, 5) is 3.96. The van der Waals surface area contributed by atoms with Crippen molar-refractivity contribution >= 4 is 11.5 Å². The van der Waals surface area contributed by atoms with Gasteiger partial charge in [-0.2, -0.15) is 0 Å². The highest BCUT2D eigenvalue weighted by molar-refractivity contribution is 5.56. The number of rotatable bonds is 4. The Balaban J connectivity index is 1.41. The number of ether oxygens (including phenoxy) is 1. The van der Waals surface area contributed by atoms with Gasteiger partial charge in [0.1, 0.15) is 12.8 Å². The summed E-state index contributed by atoms with van der Waals surface area (Å²) in [6, 6.07) is 7.61. The molecule has 3 heterocycles. The molecule has 0 amide bonds. The molecule has 0 spiro atoms. The molecule has 1 aromatic carbocycles. The molecule has 2 radical (unpaired) electrons. The Labute approximate surface area is 157 Å². The number of hydrogen-bond acceptors (Lipinski definition) is 8. The first kappa shape index (κ1) is 18.1. The second-order valence-corrected chi connectivity index (χ2v) is 6.02. The largest absolute Gasteiger partial charge is 0.573 e. The molecule has 1 aliphatic heterocycles. The van der Waals surface area contributed by atoms with E-state index in [1.165, 1.54) is 18.2 Å². The Morgan fingerprint density at radius 1 is 1.07 bits per heavy atom. The third-order valence-electron chi connectivity index (χ3n) is 4.23. The van der Waals surface area contributed by atoms with Crippen LogP contribution in [-0.4, -0.2) is 57.9 Å². The van der Waals surface area contributed by atoms with Gasteiger partial charge in [0.05, 0.1) is 0 Å². The molecule has 12 heteroatoms. The first-order chi connectivity index (χ1) is 13.4. The van der Waals surface area contributed by atoms with E-state index in [1.807, 2.05) is 9.80 Å². The molecule has 1 fully saturated rings. The molecule has 0 unspecified atom stereocenters. The molecule has 9 nitrogen and oxygen atoms in total. The van der Waals surface area contributed by atoms with Crippen molar-refractivity contribution < 1.29 is 22.4 Å². The van der Waals surface area contributed by atoms with E-state index in [9.17, 15) is 13.2 Å². The lowest BCUT2D eigenvalue weighted by molar-refractivity contribution is -0.274. The monoisotopic (exact) mass is 393 g/mol. The molecule has 4 rings (SSSR count). The van der Waals surface area contributed by atoms with Crippen molar-refractivity contribution in [3.63, 3.8) is 0 Å². The van der Waals surface area contributed by atoms with E-state index in [1.54, 1.807) is 12.1 Å². The van der Waals surface area contributed by atoms with Crippen LogP contribution >= 0.6 is 0 Å². The Bertz CT molecular complexity index is 948. The highest BCUT2D eigenvalue weighted by Crippen LogP contribution is 2.28. The molecule has 1 aliphatic rings. The normalized spacial score (nSPS) is 15.1.